The maximum absolute atomic E-state index is 12.0. The zero-order valence-corrected chi connectivity index (χ0v) is 12.2. The van der Waals surface area contributed by atoms with Crippen LogP contribution in [0.1, 0.15) is 21.8 Å². The molecule has 2 heterocycles. The fourth-order valence-corrected chi connectivity index (χ4v) is 3.21. The minimum Gasteiger partial charge on any atom is -0.361 e. The lowest BCUT2D eigenvalue weighted by Crippen LogP contribution is -2.13. The van der Waals surface area contributed by atoms with E-state index in [1.807, 2.05) is 36.7 Å². The van der Waals surface area contributed by atoms with Crippen LogP contribution in [0.25, 0.3) is 10.2 Å². The van der Waals surface area contributed by atoms with E-state index >= 15 is 0 Å². The number of thiazole rings is 1. The third-order valence-electron chi connectivity index (χ3n) is 3.07. The van der Waals surface area contributed by atoms with E-state index in [-0.39, 0.29) is 11.6 Å². The van der Waals surface area contributed by atoms with Gasteiger partial charge < -0.3 is 9.09 Å². The van der Waals surface area contributed by atoms with Gasteiger partial charge in [0.2, 0.25) is 0 Å². The summed E-state index contributed by atoms with van der Waals surface area (Å²) in [5, 5.41) is 3.69. The molecule has 1 amide bonds. The number of amides is 1. The fourth-order valence-electron chi connectivity index (χ4n) is 2.12. The van der Waals surface area contributed by atoms with E-state index in [1.54, 1.807) is 13.0 Å². The highest BCUT2D eigenvalue weighted by Gasteiger charge is 2.11. The number of carbonyl (C=O) groups excluding carboxylic acids is 1. The van der Waals surface area contributed by atoms with E-state index in [1.165, 1.54) is 11.3 Å². The minimum absolute atomic E-state index is 0.233. The van der Waals surface area contributed by atoms with Gasteiger partial charge in [-0.3, -0.25) is 4.79 Å². The molecular weight excluding hydrogens is 274 g/mol. The predicted molar refractivity (Wildman–Crippen MR) is 76.7 cm³/mol. The summed E-state index contributed by atoms with van der Waals surface area (Å²) in [6.07, 6.45) is 0. The number of aryl methyl sites for hydroxylation is 3. The predicted octanol–water partition coefficient (Wildman–Crippen LogP) is 2.59. The molecule has 102 valence electrons. The molecule has 0 aliphatic heterocycles. The van der Waals surface area contributed by atoms with Crippen molar-refractivity contribution < 1.29 is 9.32 Å². The zero-order valence-electron chi connectivity index (χ0n) is 11.4. The van der Waals surface area contributed by atoms with E-state index < -0.39 is 0 Å². The van der Waals surface area contributed by atoms with Crippen molar-refractivity contribution in [3.63, 3.8) is 0 Å². The van der Waals surface area contributed by atoms with Crippen LogP contribution in [0.3, 0.4) is 0 Å². The molecule has 3 aromatic rings. The lowest BCUT2D eigenvalue weighted by molar-refractivity contribution is 0.0989. The van der Waals surface area contributed by atoms with Crippen molar-refractivity contribution in [1.29, 1.82) is 0 Å². The molecule has 0 saturated heterocycles. The molecule has 0 fully saturated rings. The van der Waals surface area contributed by atoms with Crippen molar-refractivity contribution >= 4 is 27.5 Å². The van der Waals surface area contributed by atoms with E-state index in [0.717, 1.165) is 15.8 Å². The zero-order chi connectivity index (χ0) is 14.3. The standard InChI is InChI=1S/C14H13N3O2S/c1-8-5-4-6-11-12(8)17(3)14(20-11)15-13(18)10-7-9(2)19-16-10/h4-7H,1-3H3. The minimum atomic E-state index is -0.387. The van der Waals surface area contributed by atoms with Gasteiger partial charge in [0.25, 0.3) is 0 Å². The Hall–Kier alpha value is -2.21. The van der Waals surface area contributed by atoms with Gasteiger partial charge in [0.05, 0.1) is 10.2 Å². The third kappa shape index (κ3) is 2.08. The molecule has 0 atom stereocenters. The van der Waals surface area contributed by atoms with Crippen LogP contribution in [0, 0.1) is 13.8 Å². The molecule has 6 heteroatoms. The number of carbonyl (C=O) groups is 1. The first-order chi connectivity index (χ1) is 9.56. The van der Waals surface area contributed by atoms with Gasteiger partial charge in [0, 0.05) is 13.1 Å². The Balaban J connectivity index is 2.15. The Kier molecular flexibility index (Phi) is 3.02. The molecule has 0 saturated carbocycles. The summed E-state index contributed by atoms with van der Waals surface area (Å²) >= 11 is 1.48. The molecule has 0 N–H and O–H groups in total. The Morgan fingerprint density at radius 2 is 2.20 bits per heavy atom. The van der Waals surface area contributed by atoms with Crippen molar-refractivity contribution in [2.24, 2.45) is 12.0 Å². The number of nitrogens with zero attached hydrogens (tertiary/aromatic N) is 3. The number of rotatable bonds is 1. The largest absolute Gasteiger partial charge is 0.361 e. The summed E-state index contributed by atoms with van der Waals surface area (Å²) < 4.78 is 7.93. The van der Waals surface area contributed by atoms with Crippen LogP contribution in [0.5, 0.6) is 0 Å². The summed E-state index contributed by atoms with van der Waals surface area (Å²) in [5.74, 6) is 0.210. The number of hydrogen-bond acceptors (Lipinski definition) is 4. The maximum atomic E-state index is 12.0. The number of para-hydroxylation sites is 1. The lowest BCUT2D eigenvalue weighted by atomic mass is 10.2. The van der Waals surface area contributed by atoms with Gasteiger partial charge in [-0.15, -0.1) is 0 Å². The summed E-state index contributed by atoms with van der Waals surface area (Å²) in [4.78, 5) is 16.8. The second-order valence-electron chi connectivity index (χ2n) is 4.61. The molecule has 0 aliphatic rings. The first-order valence-electron chi connectivity index (χ1n) is 6.14. The normalized spacial score (nSPS) is 12.2. The molecule has 0 aliphatic carbocycles. The van der Waals surface area contributed by atoms with Crippen molar-refractivity contribution in [3.8, 4) is 0 Å². The monoisotopic (exact) mass is 287 g/mol. The van der Waals surface area contributed by atoms with Crippen molar-refractivity contribution in [2.75, 3.05) is 0 Å². The molecular formula is C14H13N3O2S. The van der Waals surface area contributed by atoms with Gasteiger partial charge >= 0.3 is 5.91 Å². The van der Waals surface area contributed by atoms with Crippen LogP contribution in [-0.2, 0) is 7.05 Å². The second-order valence-corrected chi connectivity index (χ2v) is 5.61. The highest BCUT2D eigenvalue weighted by molar-refractivity contribution is 7.16. The fraction of sp³-hybridized carbons (Fsp3) is 0.214. The number of aromatic nitrogens is 2. The van der Waals surface area contributed by atoms with Crippen LogP contribution < -0.4 is 4.80 Å². The average molecular weight is 287 g/mol. The molecule has 20 heavy (non-hydrogen) atoms. The summed E-state index contributed by atoms with van der Waals surface area (Å²) in [7, 11) is 1.91. The quantitative estimate of drug-likeness (QED) is 0.691. The smallest absolute Gasteiger partial charge is 0.301 e. The lowest BCUT2D eigenvalue weighted by Gasteiger charge is -1.98. The molecule has 0 spiro atoms. The van der Waals surface area contributed by atoms with Gasteiger partial charge in [-0.1, -0.05) is 28.6 Å². The molecule has 0 bridgehead atoms. The molecule has 1 aromatic carbocycles. The first-order valence-corrected chi connectivity index (χ1v) is 6.95. The van der Waals surface area contributed by atoms with Gasteiger partial charge in [-0.2, -0.15) is 4.99 Å². The highest BCUT2D eigenvalue weighted by atomic mass is 32.1. The average Bonchev–Trinajstić information content (AvgIpc) is 2.96. The third-order valence-corrected chi connectivity index (χ3v) is 4.17. The second kappa shape index (κ2) is 4.72. The molecule has 3 rings (SSSR count). The Labute approximate surface area is 119 Å². The van der Waals surface area contributed by atoms with Crippen LogP contribution >= 0.6 is 11.3 Å². The Morgan fingerprint density at radius 1 is 1.40 bits per heavy atom. The SMILES string of the molecule is Cc1cc(C(=O)N=c2sc3cccc(C)c3n2C)no1. The van der Waals surface area contributed by atoms with E-state index in [2.05, 4.69) is 10.1 Å². The first kappa shape index (κ1) is 12.8. The van der Waals surface area contributed by atoms with E-state index in [0.29, 0.717) is 10.6 Å². The number of hydrogen-bond donors (Lipinski definition) is 0. The number of benzene rings is 1. The summed E-state index contributed by atoms with van der Waals surface area (Å²) in [6, 6.07) is 7.66. The summed E-state index contributed by atoms with van der Waals surface area (Å²) in [6.45, 7) is 3.79. The van der Waals surface area contributed by atoms with E-state index in [4.69, 9.17) is 4.52 Å². The van der Waals surface area contributed by atoms with Gasteiger partial charge in [-0.25, -0.2) is 0 Å². The molecule has 5 nitrogen and oxygen atoms in total. The van der Waals surface area contributed by atoms with Gasteiger partial charge in [0.15, 0.2) is 10.5 Å². The van der Waals surface area contributed by atoms with E-state index in [9.17, 15) is 4.79 Å². The van der Waals surface area contributed by atoms with Crippen molar-refractivity contribution in [2.45, 2.75) is 13.8 Å². The molecule has 0 radical (unpaired) electrons. The van der Waals surface area contributed by atoms with Crippen molar-refractivity contribution in [1.82, 2.24) is 9.72 Å². The van der Waals surface area contributed by atoms with Crippen LogP contribution in [0.15, 0.2) is 33.8 Å². The van der Waals surface area contributed by atoms with Gasteiger partial charge in [0.1, 0.15) is 5.76 Å². The Morgan fingerprint density at radius 3 is 2.85 bits per heavy atom. The van der Waals surface area contributed by atoms with Crippen molar-refractivity contribution in [3.05, 3.63) is 46.1 Å². The molecule has 0 unspecified atom stereocenters. The van der Waals surface area contributed by atoms with Crippen LogP contribution in [-0.4, -0.2) is 15.6 Å². The Bertz CT molecular complexity index is 870. The maximum Gasteiger partial charge on any atom is 0.301 e. The highest BCUT2D eigenvalue weighted by Crippen LogP contribution is 2.19. The summed E-state index contributed by atoms with van der Waals surface area (Å²) in [5.41, 5.74) is 2.49. The van der Waals surface area contributed by atoms with Crippen LogP contribution in [0.2, 0.25) is 0 Å². The van der Waals surface area contributed by atoms with Gasteiger partial charge in [-0.05, 0) is 25.5 Å². The van der Waals surface area contributed by atoms with Crippen LogP contribution in [0.4, 0.5) is 0 Å². The number of fused-ring (bicyclic) bond motifs is 1. The molecule has 2 aromatic heterocycles. The topological polar surface area (TPSA) is 60.4 Å².